The number of benzene rings is 2. The maximum absolute atomic E-state index is 13.0. The lowest BCUT2D eigenvalue weighted by Gasteiger charge is -2.09. The highest BCUT2D eigenvalue weighted by molar-refractivity contribution is 5.94. The number of hydrogen-bond donors (Lipinski definition) is 3. The number of methoxy groups -OCH3 is 1. The summed E-state index contributed by atoms with van der Waals surface area (Å²) in [5.41, 5.74) is 4.72. The van der Waals surface area contributed by atoms with Gasteiger partial charge in [0.15, 0.2) is 5.69 Å². The number of halogens is 2. The van der Waals surface area contributed by atoms with Crippen LogP contribution in [-0.4, -0.2) is 34.8 Å². The van der Waals surface area contributed by atoms with Crippen molar-refractivity contribution in [3.63, 3.8) is 0 Å². The zero-order chi connectivity index (χ0) is 26.2. The van der Waals surface area contributed by atoms with Crippen LogP contribution in [0.25, 0.3) is 0 Å². The van der Waals surface area contributed by atoms with Crippen LogP contribution in [0.3, 0.4) is 0 Å². The first kappa shape index (κ1) is 25.8. The van der Waals surface area contributed by atoms with E-state index < -0.39 is 12.5 Å². The van der Waals surface area contributed by atoms with Gasteiger partial charge in [-0.1, -0.05) is 42.5 Å². The molecular weight excluding hydrogens is 482 g/mol. The summed E-state index contributed by atoms with van der Waals surface area (Å²) in [6, 6.07) is 17.5. The van der Waals surface area contributed by atoms with Crippen molar-refractivity contribution in [3.05, 3.63) is 116 Å². The van der Waals surface area contributed by atoms with E-state index in [0.29, 0.717) is 35.2 Å². The van der Waals surface area contributed by atoms with Crippen molar-refractivity contribution in [2.45, 2.75) is 32.6 Å². The van der Waals surface area contributed by atoms with Gasteiger partial charge in [-0.15, -0.1) is 0 Å². The lowest BCUT2D eigenvalue weighted by molar-refractivity contribution is -0.0498. The zero-order valence-electron chi connectivity index (χ0n) is 20.1. The van der Waals surface area contributed by atoms with E-state index in [4.69, 9.17) is 4.74 Å². The number of nitrogens with zero attached hydrogens (tertiary/aromatic N) is 1. The van der Waals surface area contributed by atoms with Crippen molar-refractivity contribution in [1.29, 1.82) is 0 Å². The summed E-state index contributed by atoms with van der Waals surface area (Å²) in [5, 5.41) is 9.86. The van der Waals surface area contributed by atoms with Crippen molar-refractivity contribution in [2.24, 2.45) is 0 Å². The van der Waals surface area contributed by atoms with Crippen LogP contribution in [0.15, 0.2) is 71.7 Å². The number of alkyl halides is 2. The second-order valence-corrected chi connectivity index (χ2v) is 8.37. The van der Waals surface area contributed by atoms with Crippen LogP contribution in [-0.2, 0) is 30.7 Å². The average Bonchev–Trinajstić information content (AvgIpc) is 3.27. The summed E-state index contributed by atoms with van der Waals surface area (Å²) in [7, 11) is 1.55. The van der Waals surface area contributed by atoms with Crippen LogP contribution >= 0.6 is 0 Å². The van der Waals surface area contributed by atoms with Crippen LogP contribution in [0.1, 0.15) is 44.0 Å². The van der Waals surface area contributed by atoms with Crippen LogP contribution < -0.4 is 15.6 Å². The number of nitrogens with one attached hydrogen (secondary N) is 3. The maximum atomic E-state index is 13.0. The molecule has 0 aliphatic rings. The van der Waals surface area contributed by atoms with Crippen LogP contribution in [0.2, 0.25) is 0 Å². The van der Waals surface area contributed by atoms with Crippen LogP contribution in [0.5, 0.6) is 5.75 Å². The SMILES string of the molecule is COCc1[nH]nc(C(=O)NCc2cccc(OC(F)F)c2)c1Cc1ccc(Cc2ccc[nH]c2=O)cc1. The van der Waals surface area contributed by atoms with Gasteiger partial charge < -0.3 is 19.8 Å². The fourth-order valence-electron chi connectivity index (χ4n) is 3.94. The topological polar surface area (TPSA) is 109 Å². The molecule has 0 saturated carbocycles. The molecule has 37 heavy (non-hydrogen) atoms. The fourth-order valence-corrected chi connectivity index (χ4v) is 3.94. The molecule has 4 rings (SSSR count). The lowest BCUT2D eigenvalue weighted by Crippen LogP contribution is -2.24. The second kappa shape index (κ2) is 12.1. The van der Waals surface area contributed by atoms with Crippen LogP contribution in [0, 0.1) is 0 Å². The number of H-pyrrole nitrogens is 2. The Morgan fingerprint density at radius 2 is 1.78 bits per heavy atom. The third kappa shape index (κ3) is 6.89. The Hall–Kier alpha value is -4.31. The molecule has 0 atom stereocenters. The summed E-state index contributed by atoms with van der Waals surface area (Å²) in [4.78, 5) is 27.6. The van der Waals surface area contributed by atoms with Crippen molar-refractivity contribution in [1.82, 2.24) is 20.5 Å². The van der Waals surface area contributed by atoms with Crippen molar-refractivity contribution in [3.8, 4) is 5.75 Å². The number of aromatic nitrogens is 3. The molecule has 2 aromatic carbocycles. The molecule has 0 radical (unpaired) electrons. The van der Waals surface area contributed by atoms with Gasteiger partial charge in [0.2, 0.25) is 0 Å². The number of ether oxygens (including phenoxy) is 2. The summed E-state index contributed by atoms with van der Waals surface area (Å²) in [6.07, 6.45) is 2.54. The van der Waals surface area contributed by atoms with E-state index in [1.807, 2.05) is 24.3 Å². The van der Waals surface area contributed by atoms with Gasteiger partial charge >= 0.3 is 6.61 Å². The first-order chi connectivity index (χ1) is 17.9. The van der Waals surface area contributed by atoms with E-state index >= 15 is 0 Å². The van der Waals surface area contributed by atoms with Crippen LogP contribution in [0.4, 0.5) is 8.78 Å². The van der Waals surface area contributed by atoms with Gasteiger partial charge in [0, 0.05) is 43.8 Å². The van der Waals surface area contributed by atoms with Gasteiger partial charge in [-0.05, 0) is 34.9 Å². The minimum Gasteiger partial charge on any atom is -0.435 e. The molecule has 0 bridgehead atoms. The van der Waals surface area contributed by atoms with Gasteiger partial charge in [-0.25, -0.2) is 0 Å². The fraction of sp³-hybridized carbons (Fsp3) is 0.222. The largest absolute Gasteiger partial charge is 0.435 e. The average molecular weight is 509 g/mol. The van der Waals surface area contributed by atoms with E-state index in [1.165, 1.54) is 12.1 Å². The quantitative estimate of drug-likeness (QED) is 0.284. The normalized spacial score (nSPS) is 11.0. The van der Waals surface area contributed by atoms with Gasteiger partial charge in [-0.2, -0.15) is 13.9 Å². The van der Waals surface area contributed by atoms with Gasteiger partial charge in [0.25, 0.3) is 11.5 Å². The lowest BCUT2D eigenvalue weighted by atomic mass is 9.99. The monoisotopic (exact) mass is 508 g/mol. The molecule has 0 unspecified atom stereocenters. The minimum atomic E-state index is -2.93. The smallest absolute Gasteiger partial charge is 0.387 e. The Morgan fingerprint density at radius 3 is 2.49 bits per heavy atom. The van der Waals surface area contributed by atoms with Crippen molar-refractivity contribution in [2.75, 3.05) is 7.11 Å². The Bertz CT molecular complexity index is 1400. The van der Waals surface area contributed by atoms with E-state index in [0.717, 1.165) is 11.1 Å². The Labute approximate surface area is 211 Å². The number of carbonyl (C=O) groups excluding carboxylic acids is 1. The number of hydrogen-bond acceptors (Lipinski definition) is 5. The molecule has 192 valence electrons. The molecule has 0 aliphatic carbocycles. The highest BCUT2D eigenvalue weighted by Gasteiger charge is 2.20. The molecule has 8 nitrogen and oxygen atoms in total. The third-order valence-electron chi connectivity index (χ3n) is 5.73. The molecular formula is C27H26F2N4O4. The molecule has 10 heteroatoms. The third-order valence-corrected chi connectivity index (χ3v) is 5.73. The van der Waals surface area contributed by atoms with E-state index in [2.05, 4.69) is 25.2 Å². The van der Waals surface area contributed by atoms with Crippen molar-refractivity contribution >= 4 is 5.91 Å². The Morgan fingerprint density at radius 1 is 1.03 bits per heavy atom. The highest BCUT2D eigenvalue weighted by atomic mass is 19.3. The molecule has 0 saturated heterocycles. The standard InChI is InChI=1S/C27H26F2N4O4/c1-36-16-23-22(14-18-9-7-17(8-10-18)12-20-5-3-11-30-25(20)34)24(33-32-23)26(35)31-15-19-4-2-6-21(13-19)37-27(28)29/h2-11,13,27H,12,14-16H2,1H3,(H,30,34)(H,31,35)(H,32,33). The second-order valence-electron chi connectivity index (χ2n) is 8.37. The van der Waals surface area contributed by atoms with Crippen molar-refractivity contribution < 1.29 is 23.0 Å². The summed E-state index contributed by atoms with van der Waals surface area (Å²) >= 11 is 0. The molecule has 0 aliphatic heterocycles. The number of pyridine rings is 1. The molecule has 1 amide bonds. The van der Waals surface area contributed by atoms with Gasteiger partial charge in [0.05, 0.1) is 12.3 Å². The first-order valence-corrected chi connectivity index (χ1v) is 11.5. The molecule has 2 aromatic heterocycles. The van der Waals surface area contributed by atoms with E-state index in [-0.39, 0.29) is 30.2 Å². The first-order valence-electron chi connectivity index (χ1n) is 11.5. The van der Waals surface area contributed by atoms with E-state index in [9.17, 15) is 18.4 Å². The zero-order valence-corrected chi connectivity index (χ0v) is 20.1. The number of amides is 1. The Balaban J connectivity index is 1.46. The predicted molar refractivity (Wildman–Crippen MR) is 133 cm³/mol. The number of rotatable bonds is 11. The van der Waals surface area contributed by atoms with Gasteiger partial charge in [-0.3, -0.25) is 14.7 Å². The summed E-state index contributed by atoms with van der Waals surface area (Å²) in [5.74, 6) is -0.390. The Kier molecular flexibility index (Phi) is 8.42. The molecule has 0 fully saturated rings. The number of carbonyl (C=O) groups is 1. The minimum absolute atomic E-state index is 0.0184. The van der Waals surface area contributed by atoms with Gasteiger partial charge in [0.1, 0.15) is 5.75 Å². The summed E-state index contributed by atoms with van der Waals surface area (Å²) < 4.78 is 34.6. The molecule has 0 spiro atoms. The number of aromatic amines is 2. The molecule has 3 N–H and O–H groups in total. The maximum Gasteiger partial charge on any atom is 0.387 e. The predicted octanol–water partition coefficient (Wildman–Crippen LogP) is 3.96. The highest BCUT2D eigenvalue weighted by Crippen LogP contribution is 2.20. The molecule has 2 heterocycles. The van der Waals surface area contributed by atoms with E-state index in [1.54, 1.807) is 37.6 Å². The summed E-state index contributed by atoms with van der Waals surface area (Å²) in [6.45, 7) is -2.57. The molecule has 4 aromatic rings.